The zero-order valence-corrected chi connectivity index (χ0v) is 8.14. The molecule has 0 radical (unpaired) electrons. The maximum absolute atomic E-state index is 12.9. The van der Waals surface area contributed by atoms with E-state index >= 15 is 0 Å². The van der Waals surface area contributed by atoms with Crippen LogP contribution in [0.2, 0.25) is 0 Å². The number of hydrazine groups is 1. The molecule has 0 heterocycles. The Labute approximate surface area is 80.7 Å². The highest BCUT2D eigenvalue weighted by Gasteiger charge is 2.14. The average Bonchev–Trinajstić information content (AvgIpc) is 2.18. The zero-order chi connectivity index (χ0) is 10.8. The van der Waals surface area contributed by atoms with Crippen LogP contribution in [0.5, 0.6) is 5.75 Å². The lowest BCUT2D eigenvalue weighted by Crippen LogP contribution is -2.30. The SMILES string of the molecule is COc1cc(S(=O)(=O)NN)ccc1F. The molecule has 1 rings (SSSR count). The first-order valence-corrected chi connectivity index (χ1v) is 5.05. The second-order valence-corrected chi connectivity index (χ2v) is 4.13. The van der Waals surface area contributed by atoms with Crippen LogP contribution in [-0.4, -0.2) is 15.5 Å². The van der Waals surface area contributed by atoms with Gasteiger partial charge in [0.25, 0.3) is 10.0 Å². The number of hydrogen-bond acceptors (Lipinski definition) is 4. The Morgan fingerprint density at radius 1 is 1.50 bits per heavy atom. The number of halogens is 1. The number of nitrogens with two attached hydrogens (primary N) is 1. The van der Waals surface area contributed by atoms with Gasteiger partial charge in [-0.3, -0.25) is 5.84 Å². The predicted octanol–water partition coefficient (Wildman–Crippen LogP) is -0.0137. The first-order chi connectivity index (χ1) is 6.51. The number of nitrogens with one attached hydrogen (secondary N) is 1. The fourth-order valence-corrected chi connectivity index (χ4v) is 1.52. The molecule has 5 nitrogen and oxygen atoms in total. The summed E-state index contributed by atoms with van der Waals surface area (Å²) in [5, 5.41) is 0. The summed E-state index contributed by atoms with van der Waals surface area (Å²) in [6.07, 6.45) is 0. The molecule has 78 valence electrons. The van der Waals surface area contributed by atoms with Crippen molar-refractivity contribution >= 4 is 10.0 Å². The Bertz CT molecular complexity index is 433. The Balaban J connectivity index is 3.26. The quantitative estimate of drug-likeness (QED) is 0.554. The van der Waals surface area contributed by atoms with Crippen LogP contribution in [0.25, 0.3) is 0 Å². The Hall–Kier alpha value is -1.18. The van der Waals surface area contributed by atoms with Crippen LogP contribution in [0.1, 0.15) is 0 Å². The monoisotopic (exact) mass is 220 g/mol. The zero-order valence-electron chi connectivity index (χ0n) is 7.32. The first kappa shape index (κ1) is 10.9. The molecule has 0 unspecified atom stereocenters. The smallest absolute Gasteiger partial charge is 0.253 e. The fraction of sp³-hybridized carbons (Fsp3) is 0.143. The third-order valence-electron chi connectivity index (χ3n) is 1.59. The van der Waals surface area contributed by atoms with Crippen LogP contribution >= 0.6 is 0 Å². The van der Waals surface area contributed by atoms with E-state index in [4.69, 9.17) is 5.84 Å². The molecule has 3 N–H and O–H groups in total. The van der Waals surface area contributed by atoms with Gasteiger partial charge in [0.05, 0.1) is 12.0 Å². The van der Waals surface area contributed by atoms with Gasteiger partial charge in [-0.05, 0) is 12.1 Å². The van der Waals surface area contributed by atoms with E-state index in [9.17, 15) is 12.8 Å². The van der Waals surface area contributed by atoms with Gasteiger partial charge in [0.15, 0.2) is 11.6 Å². The topological polar surface area (TPSA) is 81.4 Å². The van der Waals surface area contributed by atoms with Gasteiger partial charge >= 0.3 is 0 Å². The van der Waals surface area contributed by atoms with Gasteiger partial charge in [0.2, 0.25) is 0 Å². The summed E-state index contributed by atoms with van der Waals surface area (Å²) >= 11 is 0. The van der Waals surface area contributed by atoms with Crippen molar-refractivity contribution in [3.8, 4) is 5.75 Å². The molecule has 1 aromatic carbocycles. The van der Waals surface area contributed by atoms with Crippen molar-refractivity contribution in [1.82, 2.24) is 4.83 Å². The second kappa shape index (κ2) is 3.91. The molecule has 0 bridgehead atoms. The molecular weight excluding hydrogens is 211 g/mol. The molecule has 0 aliphatic heterocycles. The van der Waals surface area contributed by atoms with Gasteiger partial charge < -0.3 is 4.74 Å². The Kier molecular flexibility index (Phi) is 3.04. The van der Waals surface area contributed by atoms with E-state index in [2.05, 4.69) is 4.74 Å². The van der Waals surface area contributed by atoms with E-state index in [0.29, 0.717) is 0 Å². The summed E-state index contributed by atoms with van der Waals surface area (Å²) in [6.45, 7) is 0. The van der Waals surface area contributed by atoms with E-state index in [1.54, 1.807) is 4.83 Å². The predicted molar refractivity (Wildman–Crippen MR) is 47.5 cm³/mol. The van der Waals surface area contributed by atoms with Gasteiger partial charge in [0.1, 0.15) is 0 Å². The highest BCUT2D eigenvalue weighted by molar-refractivity contribution is 7.89. The van der Waals surface area contributed by atoms with Gasteiger partial charge in [-0.15, -0.1) is 0 Å². The van der Waals surface area contributed by atoms with Crippen molar-refractivity contribution in [1.29, 1.82) is 0 Å². The van der Waals surface area contributed by atoms with Crippen molar-refractivity contribution in [3.63, 3.8) is 0 Å². The van der Waals surface area contributed by atoms with Gasteiger partial charge in [-0.1, -0.05) is 0 Å². The minimum atomic E-state index is -3.77. The summed E-state index contributed by atoms with van der Waals surface area (Å²) in [4.78, 5) is 1.47. The van der Waals surface area contributed by atoms with Crippen LogP contribution in [0.4, 0.5) is 4.39 Å². The minimum absolute atomic E-state index is 0.152. The number of rotatable bonds is 3. The third kappa shape index (κ3) is 2.00. The highest BCUT2D eigenvalue weighted by atomic mass is 32.2. The molecule has 0 aliphatic rings. The number of sulfonamides is 1. The molecule has 0 saturated heterocycles. The van der Waals surface area contributed by atoms with Crippen molar-refractivity contribution in [2.45, 2.75) is 4.90 Å². The van der Waals surface area contributed by atoms with Crippen LogP contribution < -0.4 is 15.4 Å². The standard InChI is InChI=1S/C7H9FN2O3S/c1-13-7-4-5(2-3-6(7)8)14(11,12)10-9/h2-4,10H,9H2,1H3. The van der Waals surface area contributed by atoms with Gasteiger partial charge in [-0.2, -0.15) is 4.83 Å². The van der Waals surface area contributed by atoms with Crippen LogP contribution in [0.15, 0.2) is 23.1 Å². The molecule has 0 atom stereocenters. The number of hydrogen-bond donors (Lipinski definition) is 2. The summed E-state index contributed by atoms with van der Waals surface area (Å²) < 4.78 is 39.8. The fourth-order valence-electron chi connectivity index (χ4n) is 0.875. The Morgan fingerprint density at radius 2 is 2.14 bits per heavy atom. The van der Waals surface area contributed by atoms with Gasteiger partial charge in [-0.25, -0.2) is 12.8 Å². The maximum Gasteiger partial charge on any atom is 0.253 e. The van der Waals surface area contributed by atoms with Crippen LogP contribution in [0, 0.1) is 5.82 Å². The van der Waals surface area contributed by atoms with E-state index in [1.807, 2.05) is 0 Å². The summed E-state index contributed by atoms with van der Waals surface area (Å²) in [6, 6.07) is 3.13. The largest absolute Gasteiger partial charge is 0.494 e. The van der Waals surface area contributed by atoms with Crippen LogP contribution in [0.3, 0.4) is 0 Å². The summed E-state index contributed by atoms with van der Waals surface area (Å²) in [5.74, 6) is 4.01. The lowest BCUT2D eigenvalue weighted by molar-refractivity contribution is 0.385. The second-order valence-electron chi connectivity index (χ2n) is 2.42. The van der Waals surface area contributed by atoms with Gasteiger partial charge in [0, 0.05) is 6.07 Å². The number of benzene rings is 1. The van der Waals surface area contributed by atoms with E-state index in [1.165, 1.54) is 7.11 Å². The lowest BCUT2D eigenvalue weighted by Gasteiger charge is -2.05. The third-order valence-corrected chi connectivity index (χ3v) is 2.77. The minimum Gasteiger partial charge on any atom is -0.494 e. The molecule has 0 fully saturated rings. The number of methoxy groups -OCH3 is 1. The molecule has 0 saturated carbocycles. The first-order valence-electron chi connectivity index (χ1n) is 3.57. The van der Waals surface area contributed by atoms with E-state index in [-0.39, 0.29) is 10.6 Å². The molecule has 0 amide bonds. The van der Waals surface area contributed by atoms with E-state index in [0.717, 1.165) is 18.2 Å². The number of ether oxygens (including phenoxy) is 1. The van der Waals surface area contributed by atoms with Crippen molar-refractivity contribution in [2.75, 3.05) is 7.11 Å². The van der Waals surface area contributed by atoms with Crippen LogP contribution in [-0.2, 0) is 10.0 Å². The molecule has 0 aromatic heterocycles. The highest BCUT2D eigenvalue weighted by Crippen LogP contribution is 2.20. The molecular formula is C7H9FN2O3S. The molecule has 7 heteroatoms. The normalized spacial score (nSPS) is 11.4. The van der Waals surface area contributed by atoms with Crippen molar-refractivity contribution in [2.24, 2.45) is 5.84 Å². The van der Waals surface area contributed by atoms with Crippen molar-refractivity contribution in [3.05, 3.63) is 24.0 Å². The van der Waals surface area contributed by atoms with Crippen molar-refractivity contribution < 1.29 is 17.5 Å². The molecule has 14 heavy (non-hydrogen) atoms. The molecule has 0 aliphatic carbocycles. The Morgan fingerprint density at radius 3 is 2.64 bits per heavy atom. The molecule has 1 aromatic rings. The molecule has 0 spiro atoms. The lowest BCUT2D eigenvalue weighted by atomic mass is 10.3. The summed E-state index contributed by atoms with van der Waals surface area (Å²) in [5.41, 5.74) is 0. The maximum atomic E-state index is 12.9. The van der Waals surface area contributed by atoms with E-state index < -0.39 is 15.8 Å². The average molecular weight is 220 g/mol. The summed E-state index contributed by atoms with van der Waals surface area (Å²) in [7, 11) is -2.53.